The van der Waals surface area contributed by atoms with Crippen LogP contribution in [0.25, 0.3) is 0 Å². The summed E-state index contributed by atoms with van der Waals surface area (Å²) in [5.74, 6) is 0.347. The maximum absolute atomic E-state index is 7.74. The molecule has 46 valence electrons. The van der Waals surface area contributed by atoms with Gasteiger partial charge in [0.25, 0.3) is 0 Å². The van der Waals surface area contributed by atoms with E-state index in [0.717, 1.165) is 0 Å². The molecule has 0 fully saturated rings. The van der Waals surface area contributed by atoms with E-state index < -0.39 is 0 Å². The van der Waals surface area contributed by atoms with E-state index in [1.165, 1.54) is 0 Å². The largest absolute Gasteiger partial charge is 0.395 e. The van der Waals surface area contributed by atoms with Gasteiger partial charge >= 0.3 is 0 Å². The Balaban J connectivity index is 0. The van der Waals surface area contributed by atoms with Crippen LogP contribution in [-0.2, 0) is 0 Å². The summed E-state index contributed by atoms with van der Waals surface area (Å²) in [6, 6.07) is 0. The molecule has 7 heavy (non-hydrogen) atoms. The number of thioether (sulfide) groups is 1. The molecule has 0 aliphatic carbocycles. The quantitative estimate of drug-likeness (QED) is 0.556. The summed E-state index contributed by atoms with van der Waals surface area (Å²) in [5, 5.41) is 7.74. The first kappa shape index (κ1) is 10.6. The zero-order valence-electron chi connectivity index (χ0n) is 4.65. The van der Waals surface area contributed by atoms with Gasteiger partial charge in [-0.1, -0.05) is 0 Å². The van der Waals surface area contributed by atoms with Gasteiger partial charge in [0.2, 0.25) is 0 Å². The van der Waals surface area contributed by atoms with Crippen LogP contribution in [0.1, 0.15) is 0 Å². The lowest BCUT2D eigenvalue weighted by molar-refractivity contribution is 0.321. The van der Waals surface area contributed by atoms with E-state index in [1.54, 1.807) is 11.8 Å². The van der Waals surface area contributed by atoms with Crippen LogP contribution in [0, 0.1) is 0 Å². The van der Waals surface area contributed by atoms with Gasteiger partial charge in [-0.3, -0.25) is 0 Å². The molecule has 0 spiro atoms. The fraction of sp³-hybridized carbons (Fsp3) is 1.00. The first-order valence-electron chi connectivity index (χ1n) is 1.90. The minimum absolute atomic E-state index is 0.0849. The van der Waals surface area contributed by atoms with Crippen LogP contribution < -0.4 is 0 Å². The van der Waals surface area contributed by atoms with Gasteiger partial charge in [0.15, 0.2) is 0 Å². The number of hydrogen-bond acceptors (Lipinski definition) is 2. The van der Waals surface area contributed by atoms with E-state index in [9.17, 15) is 0 Å². The lowest BCUT2D eigenvalue weighted by Gasteiger charge is -1.67. The molecule has 0 saturated carbocycles. The van der Waals surface area contributed by atoms with Crippen molar-refractivity contribution in [1.82, 2.24) is 0 Å². The number of aliphatic hydroxyl groups is 1. The second-order valence-electron chi connectivity index (χ2n) is 0.821. The van der Waals surface area contributed by atoms with Gasteiger partial charge in [-0.25, -0.2) is 0 Å². The highest BCUT2D eigenvalue weighted by Crippen LogP contribution is 1.70. The summed E-state index contributed by atoms with van der Waals surface area (Å²) in [6.07, 6.45) is 4.08. The molecule has 0 saturated heterocycles. The van der Waals surface area contributed by atoms with Crippen LogP contribution in [0.2, 0.25) is 0 Å². The molecule has 0 amide bonds. The third kappa shape index (κ3) is 54.6. The van der Waals surface area contributed by atoms with E-state index in [2.05, 4.69) is 0 Å². The Morgan fingerprint density at radius 2 is 1.71 bits per heavy atom. The minimum atomic E-state index is 0.0849. The molecule has 0 aromatic carbocycles. The third-order valence-electron chi connectivity index (χ3n) is 0.0845. The SMILES string of the molecule is CSC.OCCCl. The Hall–Kier alpha value is 0.600. The summed E-state index contributed by atoms with van der Waals surface area (Å²) in [5.41, 5.74) is 0. The first-order valence-corrected chi connectivity index (χ1v) is 4.07. The number of aliphatic hydroxyl groups excluding tert-OH is 1. The van der Waals surface area contributed by atoms with E-state index in [4.69, 9.17) is 16.7 Å². The zero-order valence-corrected chi connectivity index (χ0v) is 6.22. The van der Waals surface area contributed by atoms with Crippen LogP contribution in [0.3, 0.4) is 0 Å². The van der Waals surface area contributed by atoms with Gasteiger partial charge in [0.1, 0.15) is 0 Å². The summed E-state index contributed by atoms with van der Waals surface area (Å²) in [4.78, 5) is 0. The highest BCUT2D eigenvalue weighted by atomic mass is 35.5. The second kappa shape index (κ2) is 16.0. The molecular formula is C4H11ClOS. The summed E-state index contributed by atoms with van der Waals surface area (Å²) in [7, 11) is 0. The van der Waals surface area contributed by atoms with Gasteiger partial charge in [-0.2, -0.15) is 11.8 Å². The van der Waals surface area contributed by atoms with Gasteiger partial charge in [0.05, 0.1) is 6.61 Å². The fourth-order valence-electron chi connectivity index (χ4n) is 0. The predicted molar refractivity (Wildman–Crippen MR) is 37.2 cm³/mol. The molecule has 3 heteroatoms. The number of rotatable bonds is 1. The van der Waals surface area contributed by atoms with Crippen molar-refractivity contribution >= 4 is 23.4 Å². The van der Waals surface area contributed by atoms with Crippen molar-refractivity contribution in [2.75, 3.05) is 25.0 Å². The van der Waals surface area contributed by atoms with Gasteiger partial charge in [-0.15, -0.1) is 11.6 Å². The minimum Gasteiger partial charge on any atom is -0.395 e. The molecule has 0 aromatic heterocycles. The Morgan fingerprint density at radius 3 is 1.71 bits per heavy atom. The van der Waals surface area contributed by atoms with E-state index in [0.29, 0.717) is 5.88 Å². The molecule has 1 N–H and O–H groups in total. The van der Waals surface area contributed by atoms with Crippen LogP contribution in [-0.4, -0.2) is 30.1 Å². The van der Waals surface area contributed by atoms with Gasteiger partial charge in [-0.05, 0) is 12.5 Å². The lowest BCUT2D eigenvalue weighted by atomic mass is 10.9. The molecule has 0 heterocycles. The Kier molecular flexibility index (Phi) is 24.1. The number of hydrogen-bond donors (Lipinski definition) is 1. The molecular weight excluding hydrogens is 132 g/mol. The van der Waals surface area contributed by atoms with Crippen molar-refractivity contribution in [3.05, 3.63) is 0 Å². The molecule has 0 radical (unpaired) electrons. The molecule has 1 nitrogen and oxygen atoms in total. The molecule has 0 bridgehead atoms. The molecule has 0 unspecified atom stereocenters. The van der Waals surface area contributed by atoms with Crippen molar-refractivity contribution in [2.24, 2.45) is 0 Å². The third-order valence-corrected chi connectivity index (χ3v) is 0.254. The second-order valence-corrected chi connectivity index (χ2v) is 2.02. The van der Waals surface area contributed by atoms with Crippen molar-refractivity contribution in [2.45, 2.75) is 0 Å². The van der Waals surface area contributed by atoms with Crippen LogP contribution in [0.15, 0.2) is 0 Å². The fourth-order valence-corrected chi connectivity index (χ4v) is 0. The normalized spacial score (nSPS) is 6.86. The number of halogens is 1. The topological polar surface area (TPSA) is 20.2 Å². The Morgan fingerprint density at radius 1 is 1.57 bits per heavy atom. The Labute approximate surface area is 54.1 Å². The molecule has 0 aliphatic rings. The molecule has 0 atom stereocenters. The summed E-state index contributed by atoms with van der Waals surface area (Å²) >= 11 is 6.69. The summed E-state index contributed by atoms with van der Waals surface area (Å²) < 4.78 is 0. The summed E-state index contributed by atoms with van der Waals surface area (Å²) in [6.45, 7) is 0.0849. The zero-order chi connectivity index (χ0) is 6.12. The maximum atomic E-state index is 7.74. The van der Waals surface area contributed by atoms with Crippen LogP contribution in [0.5, 0.6) is 0 Å². The maximum Gasteiger partial charge on any atom is 0.0566 e. The first-order chi connectivity index (χ1) is 3.33. The monoisotopic (exact) mass is 142 g/mol. The predicted octanol–water partition coefficient (Wildman–Crippen LogP) is 1.20. The van der Waals surface area contributed by atoms with Crippen molar-refractivity contribution < 1.29 is 5.11 Å². The lowest BCUT2D eigenvalue weighted by Crippen LogP contribution is -1.76. The standard InChI is InChI=1S/C2H5ClO.C2H6S/c3-1-2-4;1-3-2/h4H,1-2H2;1-2H3. The van der Waals surface area contributed by atoms with Gasteiger partial charge < -0.3 is 5.11 Å². The number of alkyl halides is 1. The van der Waals surface area contributed by atoms with E-state index in [1.807, 2.05) is 12.5 Å². The average molecular weight is 143 g/mol. The average Bonchev–Trinajstić information content (AvgIpc) is 1.69. The van der Waals surface area contributed by atoms with Crippen molar-refractivity contribution in [3.8, 4) is 0 Å². The molecule has 0 aliphatic heterocycles. The van der Waals surface area contributed by atoms with Crippen LogP contribution >= 0.6 is 23.4 Å². The highest BCUT2D eigenvalue weighted by molar-refractivity contribution is 7.97. The highest BCUT2D eigenvalue weighted by Gasteiger charge is 1.60. The van der Waals surface area contributed by atoms with E-state index in [-0.39, 0.29) is 6.61 Å². The van der Waals surface area contributed by atoms with Crippen molar-refractivity contribution in [1.29, 1.82) is 0 Å². The van der Waals surface area contributed by atoms with Crippen LogP contribution in [0.4, 0.5) is 0 Å². The molecule has 0 rings (SSSR count). The van der Waals surface area contributed by atoms with Crippen molar-refractivity contribution in [3.63, 3.8) is 0 Å². The smallest absolute Gasteiger partial charge is 0.0566 e. The molecule has 0 aromatic rings. The van der Waals surface area contributed by atoms with Gasteiger partial charge in [0, 0.05) is 5.88 Å². The van der Waals surface area contributed by atoms with E-state index >= 15 is 0 Å². The Bertz CT molecular complexity index is 19.2.